The molecule has 2 rings (SSSR count). The molecule has 7 heteroatoms. The van der Waals surface area contributed by atoms with Gasteiger partial charge in [0.25, 0.3) is 5.91 Å². The summed E-state index contributed by atoms with van der Waals surface area (Å²) in [4.78, 5) is 23.7. The van der Waals surface area contributed by atoms with Crippen molar-refractivity contribution in [2.24, 2.45) is 0 Å². The molecule has 0 aromatic heterocycles. The second-order valence-corrected chi connectivity index (χ2v) is 6.27. The number of ether oxygens (including phenoxy) is 3. The zero-order chi connectivity index (χ0) is 20.7. The molecule has 0 aliphatic heterocycles. The highest BCUT2D eigenvalue weighted by Gasteiger charge is 2.18. The third kappa shape index (κ3) is 5.16. The summed E-state index contributed by atoms with van der Waals surface area (Å²) in [6.45, 7) is 4.02. The van der Waals surface area contributed by atoms with Crippen LogP contribution in [0.25, 0.3) is 0 Å². The number of amides is 1. The smallest absolute Gasteiger partial charge is 0.337 e. The molecule has 2 aromatic rings. The van der Waals surface area contributed by atoms with Crippen LogP contribution < -0.4 is 19.5 Å². The molecule has 7 nitrogen and oxygen atoms in total. The number of carboxylic acids is 1. The zero-order valence-corrected chi connectivity index (χ0v) is 16.4. The van der Waals surface area contributed by atoms with Crippen LogP contribution >= 0.6 is 0 Å². The van der Waals surface area contributed by atoms with E-state index in [0.717, 1.165) is 6.42 Å². The lowest BCUT2D eigenvalue weighted by atomic mass is 9.99. The van der Waals surface area contributed by atoms with E-state index >= 15 is 0 Å². The first-order chi connectivity index (χ1) is 13.4. The Morgan fingerprint density at radius 2 is 1.68 bits per heavy atom. The van der Waals surface area contributed by atoms with Crippen molar-refractivity contribution in [3.05, 3.63) is 47.5 Å². The molecule has 0 fully saturated rings. The number of anilines is 1. The van der Waals surface area contributed by atoms with Crippen LogP contribution in [0.3, 0.4) is 0 Å². The van der Waals surface area contributed by atoms with Gasteiger partial charge in [0.2, 0.25) is 0 Å². The maximum Gasteiger partial charge on any atom is 0.337 e. The first-order valence-corrected chi connectivity index (χ1v) is 8.91. The second-order valence-electron chi connectivity index (χ2n) is 6.27. The number of nitrogens with one attached hydrogen (secondary N) is 1. The molecule has 1 amide bonds. The lowest BCUT2D eigenvalue weighted by molar-refractivity contribution is -0.118. The quantitative estimate of drug-likeness (QED) is 0.677. The Labute approximate surface area is 164 Å². The molecule has 2 N–H and O–H groups in total. The van der Waals surface area contributed by atoms with Gasteiger partial charge >= 0.3 is 5.97 Å². The molecule has 0 saturated carbocycles. The number of hydrogen-bond acceptors (Lipinski definition) is 5. The number of carbonyl (C=O) groups is 2. The fourth-order valence-corrected chi connectivity index (χ4v) is 2.62. The maximum atomic E-state index is 12.2. The molecule has 0 unspecified atom stereocenters. The number of hydrogen-bond donors (Lipinski definition) is 2. The summed E-state index contributed by atoms with van der Waals surface area (Å²) < 4.78 is 15.8. The third-order valence-corrected chi connectivity index (χ3v) is 4.46. The Bertz CT molecular complexity index is 832. The molecule has 2 aromatic carbocycles. The van der Waals surface area contributed by atoms with Crippen LogP contribution in [0.2, 0.25) is 0 Å². The number of benzene rings is 2. The van der Waals surface area contributed by atoms with Gasteiger partial charge in [0, 0.05) is 12.1 Å². The van der Waals surface area contributed by atoms with E-state index in [9.17, 15) is 14.7 Å². The van der Waals surface area contributed by atoms with E-state index in [4.69, 9.17) is 14.2 Å². The highest BCUT2D eigenvalue weighted by atomic mass is 16.5. The average molecular weight is 387 g/mol. The van der Waals surface area contributed by atoms with E-state index < -0.39 is 11.9 Å². The fourth-order valence-electron chi connectivity index (χ4n) is 2.62. The molecule has 0 bridgehead atoms. The van der Waals surface area contributed by atoms with Crippen molar-refractivity contribution in [1.29, 1.82) is 0 Å². The van der Waals surface area contributed by atoms with Crippen molar-refractivity contribution in [3.8, 4) is 17.2 Å². The van der Waals surface area contributed by atoms with Crippen LogP contribution in [0.4, 0.5) is 5.69 Å². The van der Waals surface area contributed by atoms with Crippen LogP contribution in [0.1, 0.15) is 42.1 Å². The lowest BCUT2D eigenvalue weighted by Crippen LogP contribution is -2.21. The highest BCUT2D eigenvalue weighted by molar-refractivity contribution is 6.01. The topological polar surface area (TPSA) is 94.1 Å². The molecule has 1 atom stereocenters. The fraction of sp³-hybridized carbons (Fsp3) is 0.333. The maximum absolute atomic E-state index is 12.2. The van der Waals surface area contributed by atoms with Crippen LogP contribution in [-0.2, 0) is 4.79 Å². The van der Waals surface area contributed by atoms with E-state index in [1.54, 1.807) is 0 Å². The Balaban J connectivity index is 2.07. The summed E-state index contributed by atoms with van der Waals surface area (Å²) in [5.41, 5.74) is 1.20. The van der Waals surface area contributed by atoms with Crippen molar-refractivity contribution in [1.82, 2.24) is 0 Å². The molecule has 0 saturated heterocycles. The van der Waals surface area contributed by atoms with E-state index in [-0.39, 0.29) is 23.6 Å². The first kappa shape index (κ1) is 21.1. The summed E-state index contributed by atoms with van der Waals surface area (Å²) in [6.07, 6.45) is 1.04. The normalized spacial score (nSPS) is 11.4. The number of carbonyl (C=O) groups excluding carboxylic acids is 1. The predicted octanol–water partition coefficient (Wildman–Crippen LogP) is 3.93. The summed E-state index contributed by atoms with van der Waals surface area (Å²) in [5, 5.41) is 11.9. The Kier molecular flexibility index (Phi) is 7.26. The standard InChI is InChI=1S/C21H25NO6/c1-5-13(2)14-6-8-15(9-7-14)28-12-20(23)22-17-11-19(27-4)18(26-3)10-16(17)21(24)25/h6-11,13H,5,12H2,1-4H3,(H,22,23)(H,24,25)/t13-/m1/s1. The van der Waals surface area contributed by atoms with Crippen molar-refractivity contribution in [2.45, 2.75) is 26.2 Å². The van der Waals surface area contributed by atoms with Gasteiger partial charge in [0.1, 0.15) is 5.75 Å². The third-order valence-electron chi connectivity index (χ3n) is 4.46. The number of methoxy groups -OCH3 is 2. The van der Waals surface area contributed by atoms with Gasteiger partial charge < -0.3 is 24.6 Å². The van der Waals surface area contributed by atoms with Gasteiger partial charge in [-0.3, -0.25) is 4.79 Å². The lowest BCUT2D eigenvalue weighted by Gasteiger charge is -2.14. The number of aromatic carboxylic acids is 1. The van der Waals surface area contributed by atoms with Gasteiger partial charge in [-0.15, -0.1) is 0 Å². The summed E-state index contributed by atoms with van der Waals surface area (Å²) in [6, 6.07) is 10.3. The summed E-state index contributed by atoms with van der Waals surface area (Å²) in [5.74, 6) is -0.0942. The van der Waals surface area contributed by atoms with Gasteiger partial charge in [-0.1, -0.05) is 26.0 Å². The van der Waals surface area contributed by atoms with E-state index in [1.165, 1.54) is 31.9 Å². The van der Waals surface area contributed by atoms with Crippen LogP contribution in [0.15, 0.2) is 36.4 Å². The van der Waals surface area contributed by atoms with Crippen LogP contribution in [-0.4, -0.2) is 37.8 Å². The molecule has 28 heavy (non-hydrogen) atoms. The SMILES string of the molecule is CC[C@@H](C)c1ccc(OCC(=O)Nc2cc(OC)c(OC)cc2C(=O)O)cc1. The molecular formula is C21H25NO6. The molecule has 0 aliphatic rings. The minimum Gasteiger partial charge on any atom is -0.493 e. The Hall–Kier alpha value is -3.22. The number of carboxylic acid groups (broad SMARTS) is 1. The van der Waals surface area contributed by atoms with Crippen LogP contribution in [0, 0.1) is 0 Å². The molecule has 150 valence electrons. The summed E-state index contributed by atoms with van der Waals surface area (Å²) in [7, 11) is 2.83. The molecule has 0 spiro atoms. The van der Waals surface area contributed by atoms with Crippen molar-refractivity contribution in [3.63, 3.8) is 0 Å². The van der Waals surface area contributed by atoms with E-state index in [0.29, 0.717) is 17.4 Å². The van der Waals surface area contributed by atoms with Gasteiger partial charge in [-0.2, -0.15) is 0 Å². The molecule has 0 radical (unpaired) electrons. The minimum absolute atomic E-state index is 0.103. The van der Waals surface area contributed by atoms with E-state index in [2.05, 4.69) is 19.2 Å². The van der Waals surface area contributed by atoms with Crippen molar-refractivity contribution < 1.29 is 28.9 Å². The van der Waals surface area contributed by atoms with Crippen LogP contribution in [0.5, 0.6) is 17.2 Å². The predicted molar refractivity (Wildman–Crippen MR) is 106 cm³/mol. The largest absolute Gasteiger partial charge is 0.493 e. The molecule has 0 heterocycles. The minimum atomic E-state index is -1.20. The summed E-state index contributed by atoms with van der Waals surface area (Å²) >= 11 is 0. The first-order valence-electron chi connectivity index (χ1n) is 8.91. The molecular weight excluding hydrogens is 362 g/mol. The Morgan fingerprint density at radius 1 is 1.07 bits per heavy atom. The molecule has 0 aliphatic carbocycles. The number of rotatable bonds is 9. The van der Waals surface area contributed by atoms with Gasteiger partial charge in [-0.05, 0) is 30.0 Å². The monoisotopic (exact) mass is 387 g/mol. The Morgan fingerprint density at radius 3 is 2.21 bits per heavy atom. The second kappa shape index (κ2) is 9.64. The van der Waals surface area contributed by atoms with Crippen molar-refractivity contribution >= 4 is 17.6 Å². The van der Waals surface area contributed by atoms with Crippen molar-refractivity contribution in [2.75, 3.05) is 26.1 Å². The van der Waals surface area contributed by atoms with Gasteiger partial charge in [-0.25, -0.2) is 4.79 Å². The van der Waals surface area contributed by atoms with Gasteiger partial charge in [0.05, 0.1) is 25.5 Å². The average Bonchev–Trinajstić information content (AvgIpc) is 2.71. The van der Waals surface area contributed by atoms with E-state index in [1.807, 2.05) is 24.3 Å². The van der Waals surface area contributed by atoms with Gasteiger partial charge in [0.15, 0.2) is 18.1 Å². The highest BCUT2D eigenvalue weighted by Crippen LogP contribution is 2.33. The zero-order valence-electron chi connectivity index (χ0n) is 16.4.